The molecule has 194 valence electrons. The standard InChI is InChI=1S/C28H29N7O3/c1-36-26-9-22-21-8-24(35-28(31)23(21)14-34-25(22)10-27(26)37-2)16-7-20(13-32-11-16)38-15-18(30)12-33-19-5-3-17(29)4-6-19/h3-11,13-14,18,33H,12,15,29-30H2,1-2H3,(H2,31,35)/t18-/m0/s1. The average Bonchev–Trinajstić information content (AvgIpc) is 2.95. The third kappa shape index (κ3) is 5.16. The lowest BCUT2D eigenvalue weighted by molar-refractivity contribution is 0.292. The van der Waals surface area contributed by atoms with E-state index in [1.807, 2.05) is 48.5 Å². The third-order valence-electron chi connectivity index (χ3n) is 6.16. The van der Waals surface area contributed by atoms with Crippen LogP contribution in [0.15, 0.2) is 67.1 Å². The Kier molecular flexibility index (Phi) is 6.96. The molecule has 0 aliphatic carbocycles. The van der Waals surface area contributed by atoms with E-state index in [-0.39, 0.29) is 6.04 Å². The van der Waals surface area contributed by atoms with Gasteiger partial charge in [0.05, 0.1) is 37.7 Å². The summed E-state index contributed by atoms with van der Waals surface area (Å²) in [4.78, 5) is 13.5. The summed E-state index contributed by atoms with van der Waals surface area (Å²) in [6.45, 7) is 0.841. The van der Waals surface area contributed by atoms with E-state index in [2.05, 4.69) is 20.3 Å². The van der Waals surface area contributed by atoms with Crippen molar-refractivity contribution < 1.29 is 14.2 Å². The van der Waals surface area contributed by atoms with Gasteiger partial charge in [0.1, 0.15) is 18.2 Å². The first kappa shape index (κ1) is 24.8. The van der Waals surface area contributed by atoms with Gasteiger partial charge in [0.2, 0.25) is 0 Å². The molecule has 10 nitrogen and oxygen atoms in total. The Bertz CT molecular complexity index is 1590. The summed E-state index contributed by atoms with van der Waals surface area (Å²) < 4.78 is 16.9. The molecule has 5 aromatic rings. The highest BCUT2D eigenvalue weighted by Crippen LogP contribution is 2.37. The summed E-state index contributed by atoms with van der Waals surface area (Å²) in [5.74, 6) is 2.15. The summed E-state index contributed by atoms with van der Waals surface area (Å²) in [7, 11) is 3.19. The molecule has 5 rings (SSSR count). The van der Waals surface area contributed by atoms with E-state index in [4.69, 9.17) is 31.4 Å². The number of methoxy groups -OCH3 is 2. The molecule has 38 heavy (non-hydrogen) atoms. The van der Waals surface area contributed by atoms with E-state index in [0.29, 0.717) is 47.6 Å². The Morgan fingerprint density at radius 1 is 0.868 bits per heavy atom. The molecule has 0 saturated carbocycles. The molecule has 0 saturated heterocycles. The number of aromatic nitrogens is 3. The predicted molar refractivity (Wildman–Crippen MR) is 151 cm³/mol. The van der Waals surface area contributed by atoms with E-state index in [9.17, 15) is 0 Å². The molecule has 0 aliphatic rings. The Morgan fingerprint density at radius 2 is 1.63 bits per heavy atom. The van der Waals surface area contributed by atoms with Crippen LogP contribution < -0.4 is 36.7 Å². The van der Waals surface area contributed by atoms with Crippen LogP contribution in [0.3, 0.4) is 0 Å². The number of hydrogen-bond donors (Lipinski definition) is 4. The number of nitrogens with one attached hydrogen (secondary N) is 1. The van der Waals surface area contributed by atoms with Crippen molar-refractivity contribution in [2.75, 3.05) is 44.2 Å². The fourth-order valence-corrected chi connectivity index (χ4v) is 4.16. The second-order valence-corrected chi connectivity index (χ2v) is 8.82. The maximum absolute atomic E-state index is 6.35. The lowest BCUT2D eigenvalue weighted by Crippen LogP contribution is -2.35. The molecule has 3 heterocycles. The van der Waals surface area contributed by atoms with Gasteiger partial charge in [-0.2, -0.15) is 0 Å². The smallest absolute Gasteiger partial charge is 0.162 e. The normalized spacial score (nSPS) is 11.9. The molecule has 3 aromatic heterocycles. The molecule has 0 aliphatic heterocycles. The highest BCUT2D eigenvalue weighted by molar-refractivity contribution is 6.10. The minimum absolute atomic E-state index is 0.239. The first-order valence-corrected chi connectivity index (χ1v) is 12.0. The van der Waals surface area contributed by atoms with Gasteiger partial charge >= 0.3 is 0 Å². The molecule has 7 N–H and O–H groups in total. The highest BCUT2D eigenvalue weighted by Gasteiger charge is 2.14. The first-order valence-electron chi connectivity index (χ1n) is 12.0. The van der Waals surface area contributed by atoms with Gasteiger partial charge in [-0.1, -0.05) is 0 Å². The Morgan fingerprint density at radius 3 is 2.39 bits per heavy atom. The van der Waals surface area contributed by atoms with E-state index in [1.54, 1.807) is 32.8 Å². The molecular formula is C28H29N7O3. The molecule has 0 amide bonds. The first-order chi connectivity index (χ1) is 18.4. The molecule has 0 bridgehead atoms. The van der Waals surface area contributed by atoms with Crippen molar-refractivity contribution in [1.82, 2.24) is 15.0 Å². The number of pyridine rings is 3. The number of benzene rings is 2. The molecule has 10 heteroatoms. The van der Waals surface area contributed by atoms with Crippen LogP contribution >= 0.6 is 0 Å². The van der Waals surface area contributed by atoms with Gasteiger partial charge in [-0.05, 0) is 47.9 Å². The van der Waals surface area contributed by atoms with Gasteiger partial charge in [0, 0.05) is 52.7 Å². The van der Waals surface area contributed by atoms with E-state index in [1.165, 1.54) is 0 Å². The summed E-state index contributed by atoms with van der Waals surface area (Å²) in [6, 6.07) is 14.8. The zero-order chi connectivity index (χ0) is 26.6. The minimum Gasteiger partial charge on any atom is -0.493 e. The lowest BCUT2D eigenvalue weighted by atomic mass is 10.0. The SMILES string of the molecule is COc1cc2ncc3c(N)nc(-c4cncc(OC[C@@H](N)CNc5ccc(N)cc5)c4)cc3c2cc1OC. The van der Waals surface area contributed by atoms with Crippen LogP contribution in [-0.4, -0.2) is 48.4 Å². The summed E-state index contributed by atoms with van der Waals surface area (Å²) in [5, 5.41) is 5.78. The van der Waals surface area contributed by atoms with Crippen LogP contribution in [0.2, 0.25) is 0 Å². The number of nitrogens with zero attached hydrogens (tertiary/aromatic N) is 3. The molecule has 2 aromatic carbocycles. The Balaban J connectivity index is 1.38. The van der Waals surface area contributed by atoms with Crippen molar-refractivity contribution in [3.05, 3.63) is 67.1 Å². The molecule has 0 fully saturated rings. The van der Waals surface area contributed by atoms with Crippen LogP contribution in [0.5, 0.6) is 17.2 Å². The van der Waals surface area contributed by atoms with Crippen molar-refractivity contribution in [3.8, 4) is 28.5 Å². The predicted octanol–water partition coefficient (Wildman–Crippen LogP) is 3.84. The van der Waals surface area contributed by atoms with Gasteiger partial charge in [-0.15, -0.1) is 0 Å². The largest absolute Gasteiger partial charge is 0.493 e. The highest BCUT2D eigenvalue weighted by atomic mass is 16.5. The summed E-state index contributed by atoms with van der Waals surface area (Å²) >= 11 is 0. The third-order valence-corrected chi connectivity index (χ3v) is 6.16. The van der Waals surface area contributed by atoms with Crippen molar-refractivity contribution >= 4 is 38.9 Å². The van der Waals surface area contributed by atoms with Gasteiger partial charge < -0.3 is 36.7 Å². The number of anilines is 3. The second-order valence-electron chi connectivity index (χ2n) is 8.82. The van der Waals surface area contributed by atoms with E-state index >= 15 is 0 Å². The number of ether oxygens (including phenoxy) is 3. The van der Waals surface area contributed by atoms with Gasteiger partial charge in [-0.3, -0.25) is 9.97 Å². The summed E-state index contributed by atoms with van der Waals surface area (Å²) in [5.41, 5.74) is 22.1. The van der Waals surface area contributed by atoms with Gasteiger partial charge in [0.15, 0.2) is 11.5 Å². The second kappa shape index (κ2) is 10.7. The molecular weight excluding hydrogens is 482 g/mol. The van der Waals surface area contributed by atoms with Crippen LogP contribution in [0, 0.1) is 0 Å². The minimum atomic E-state index is -0.239. The van der Waals surface area contributed by atoms with Crippen LogP contribution in [-0.2, 0) is 0 Å². The number of rotatable bonds is 9. The maximum atomic E-state index is 6.35. The molecule has 0 spiro atoms. The topological polar surface area (TPSA) is 156 Å². The van der Waals surface area contributed by atoms with Crippen LogP contribution in [0.4, 0.5) is 17.2 Å². The maximum Gasteiger partial charge on any atom is 0.162 e. The van der Waals surface area contributed by atoms with E-state index < -0.39 is 0 Å². The lowest BCUT2D eigenvalue weighted by Gasteiger charge is -2.15. The zero-order valence-corrected chi connectivity index (χ0v) is 21.1. The van der Waals surface area contributed by atoms with Gasteiger partial charge in [0.25, 0.3) is 0 Å². The van der Waals surface area contributed by atoms with Crippen molar-refractivity contribution in [3.63, 3.8) is 0 Å². The molecule has 1 atom stereocenters. The Hall–Kier alpha value is -4.83. The average molecular weight is 512 g/mol. The monoisotopic (exact) mass is 511 g/mol. The number of nitrogen functional groups attached to an aromatic ring is 2. The quantitative estimate of drug-likeness (QED) is 0.169. The van der Waals surface area contributed by atoms with E-state index in [0.717, 1.165) is 32.9 Å². The van der Waals surface area contributed by atoms with Crippen LogP contribution in [0.1, 0.15) is 0 Å². The number of nitrogens with two attached hydrogens (primary N) is 3. The molecule has 0 radical (unpaired) electrons. The molecule has 0 unspecified atom stereocenters. The van der Waals surface area contributed by atoms with Crippen molar-refractivity contribution in [2.45, 2.75) is 6.04 Å². The fraction of sp³-hybridized carbons (Fsp3) is 0.179. The number of hydrogen-bond acceptors (Lipinski definition) is 10. The summed E-state index contributed by atoms with van der Waals surface area (Å²) in [6.07, 6.45) is 5.08. The van der Waals surface area contributed by atoms with Crippen LogP contribution in [0.25, 0.3) is 32.9 Å². The Labute approximate surface area is 219 Å². The number of fused-ring (bicyclic) bond motifs is 3. The zero-order valence-electron chi connectivity index (χ0n) is 21.1. The fourth-order valence-electron chi connectivity index (χ4n) is 4.16. The van der Waals surface area contributed by atoms with Gasteiger partial charge in [-0.25, -0.2) is 4.98 Å². The van der Waals surface area contributed by atoms with Crippen molar-refractivity contribution in [1.29, 1.82) is 0 Å². The van der Waals surface area contributed by atoms with Crippen molar-refractivity contribution in [2.24, 2.45) is 5.73 Å².